The zero-order chi connectivity index (χ0) is 18.7. The highest BCUT2D eigenvalue weighted by Gasteiger charge is 2.38. The maximum atomic E-state index is 12.5. The smallest absolute Gasteiger partial charge is 0.332 e. The second kappa shape index (κ2) is 7.17. The molecule has 26 heavy (non-hydrogen) atoms. The number of alkyl halides is 4. The summed E-state index contributed by atoms with van der Waals surface area (Å²) in [6.07, 6.45) is -4.70. The van der Waals surface area contributed by atoms with E-state index in [0.29, 0.717) is 16.7 Å². The van der Waals surface area contributed by atoms with Crippen molar-refractivity contribution in [1.82, 2.24) is 15.5 Å². The van der Waals surface area contributed by atoms with Crippen molar-refractivity contribution >= 4 is 17.5 Å². The Bertz CT molecular complexity index is 896. The van der Waals surface area contributed by atoms with E-state index in [-0.39, 0.29) is 11.7 Å². The maximum absolute atomic E-state index is 12.5. The molecule has 0 saturated carbocycles. The number of aromatic nitrogens is 2. The molecule has 1 heterocycles. The zero-order valence-corrected chi connectivity index (χ0v) is 13.8. The second-order valence-corrected chi connectivity index (χ2v) is 5.68. The molecule has 0 saturated heterocycles. The zero-order valence-electron chi connectivity index (χ0n) is 13.0. The van der Waals surface area contributed by atoms with E-state index in [9.17, 15) is 18.0 Å². The van der Waals surface area contributed by atoms with Crippen LogP contribution in [0.5, 0.6) is 0 Å². The molecular formula is C17H11ClF3N3O2. The maximum Gasteiger partial charge on any atom is 0.471 e. The minimum Gasteiger partial charge on any atom is -0.332 e. The Morgan fingerprint density at radius 3 is 2.31 bits per heavy atom. The van der Waals surface area contributed by atoms with Gasteiger partial charge in [0.25, 0.3) is 5.91 Å². The van der Waals surface area contributed by atoms with E-state index in [1.165, 1.54) is 12.1 Å². The third-order valence-corrected chi connectivity index (χ3v) is 3.78. The Balaban J connectivity index is 1.71. The molecule has 1 amide bonds. The average molecular weight is 382 g/mol. The van der Waals surface area contributed by atoms with Gasteiger partial charge in [-0.25, -0.2) is 0 Å². The van der Waals surface area contributed by atoms with Crippen LogP contribution in [0.1, 0.15) is 27.3 Å². The van der Waals surface area contributed by atoms with Crippen molar-refractivity contribution in [3.05, 3.63) is 71.6 Å². The minimum absolute atomic E-state index is 0.191. The SMILES string of the molecule is O=C(NC(Cl)c1ccc(-c2noc(C(F)(F)F)n2)cc1)c1ccccc1. The van der Waals surface area contributed by atoms with Gasteiger partial charge in [0.15, 0.2) is 0 Å². The van der Waals surface area contributed by atoms with Gasteiger partial charge < -0.3 is 9.84 Å². The lowest BCUT2D eigenvalue weighted by Gasteiger charge is -2.12. The van der Waals surface area contributed by atoms with E-state index in [1.807, 2.05) is 0 Å². The molecule has 1 unspecified atom stereocenters. The van der Waals surface area contributed by atoms with Crippen LogP contribution in [0.15, 0.2) is 59.1 Å². The van der Waals surface area contributed by atoms with Crippen LogP contribution in [0.25, 0.3) is 11.4 Å². The van der Waals surface area contributed by atoms with E-state index in [1.54, 1.807) is 42.5 Å². The van der Waals surface area contributed by atoms with Crippen LogP contribution in [0, 0.1) is 0 Å². The predicted molar refractivity (Wildman–Crippen MR) is 87.2 cm³/mol. The molecule has 9 heteroatoms. The number of amides is 1. The lowest BCUT2D eigenvalue weighted by atomic mass is 10.1. The second-order valence-electron chi connectivity index (χ2n) is 5.24. The number of carbonyl (C=O) groups is 1. The van der Waals surface area contributed by atoms with E-state index < -0.39 is 17.6 Å². The summed E-state index contributed by atoms with van der Waals surface area (Å²) < 4.78 is 41.7. The van der Waals surface area contributed by atoms with Gasteiger partial charge >= 0.3 is 12.1 Å². The van der Waals surface area contributed by atoms with Crippen molar-refractivity contribution < 1.29 is 22.5 Å². The summed E-state index contributed by atoms with van der Waals surface area (Å²) >= 11 is 6.18. The fraction of sp³-hybridized carbons (Fsp3) is 0.118. The first-order valence-electron chi connectivity index (χ1n) is 7.36. The van der Waals surface area contributed by atoms with E-state index in [4.69, 9.17) is 11.6 Å². The summed E-state index contributed by atoms with van der Waals surface area (Å²) in [4.78, 5) is 15.4. The largest absolute Gasteiger partial charge is 0.471 e. The monoisotopic (exact) mass is 381 g/mol. The van der Waals surface area contributed by atoms with Crippen molar-refractivity contribution in [2.75, 3.05) is 0 Å². The topological polar surface area (TPSA) is 68.0 Å². The molecule has 0 bridgehead atoms. The third kappa shape index (κ3) is 4.02. The number of halogens is 4. The fourth-order valence-electron chi connectivity index (χ4n) is 2.13. The van der Waals surface area contributed by atoms with Gasteiger partial charge in [0.1, 0.15) is 5.50 Å². The van der Waals surface area contributed by atoms with Crippen molar-refractivity contribution in [2.24, 2.45) is 0 Å². The van der Waals surface area contributed by atoms with Gasteiger partial charge in [-0.05, 0) is 17.7 Å². The van der Waals surface area contributed by atoms with Gasteiger partial charge in [0.2, 0.25) is 5.82 Å². The number of rotatable bonds is 4. The van der Waals surface area contributed by atoms with Crippen molar-refractivity contribution in [3.63, 3.8) is 0 Å². The number of benzene rings is 2. The average Bonchev–Trinajstić information content (AvgIpc) is 3.13. The summed E-state index contributed by atoms with van der Waals surface area (Å²) in [6, 6.07) is 14.6. The summed E-state index contributed by atoms with van der Waals surface area (Å²) in [6.45, 7) is 0. The van der Waals surface area contributed by atoms with Gasteiger partial charge in [-0.2, -0.15) is 18.2 Å². The number of hydrogen-bond acceptors (Lipinski definition) is 4. The van der Waals surface area contributed by atoms with Gasteiger partial charge in [0.05, 0.1) is 0 Å². The lowest BCUT2D eigenvalue weighted by molar-refractivity contribution is -0.159. The van der Waals surface area contributed by atoms with E-state index >= 15 is 0 Å². The third-order valence-electron chi connectivity index (χ3n) is 3.42. The van der Waals surface area contributed by atoms with Crippen molar-refractivity contribution in [3.8, 4) is 11.4 Å². The fourth-order valence-corrected chi connectivity index (χ4v) is 2.37. The lowest BCUT2D eigenvalue weighted by Crippen LogP contribution is -2.25. The molecule has 0 aliphatic heterocycles. The molecule has 3 rings (SSSR count). The highest BCUT2D eigenvalue weighted by Crippen LogP contribution is 2.29. The molecule has 0 fully saturated rings. The summed E-state index contributed by atoms with van der Waals surface area (Å²) in [7, 11) is 0. The molecule has 1 aromatic heterocycles. The molecule has 2 aromatic carbocycles. The van der Waals surface area contributed by atoms with Gasteiger partial charge in [0, 0.05) is 11.1 Å². The van der Waals surface area contributed by atoms with Crippen molar-refractivity contribution in [2.45, 2.75) is 11.7 Å². The van der Waals surface area contributed by atoms with E-state index in [2.05, 4.69) is 20.0 Å². The summed E-state index contributed by atoms with van der Waals surface area (Å²) in [5, 5.41) is 5.93. The molecule has 0 aliphatic carbocycles. The van der Waals surface area contributed by atoms with Crippen LogP contribution in [-0.4, -0.2) is 16.0 Å². The Hall–Kier alpha value is -2.87. The minimum atomic E-state index is -4.70. The molecule has 3 aromatic rings. The first-order chi connectivity index (χ1) is 12.3. The summed E-state index contributed by atoms with van der Waals surface area (Å²) in [5.41, 5.74) is 0.527. The molecule has 0 aliphatic rings. The highest BCUT2D eigenvalue weighted by atomic mass is 35.5. The number of nitrogens with zero attached hydrogens (tertiary/aromatic N) is 2. The highest BCUT2D eigenvalue weighted by molar-refractivity contribution is 6.22. The number of hydrogen-bond donors (Lipinski definition) is 1. The van der Waals surface area contributed by atoms with Gasteiger partial charge in [-0.3, -0.25) is 4.79 Å². The van der Waals surface area contributed by atoms with Crippen LogP contribution in [0.4, 0.5) is 13.2 Å². The Morgan fingerprint density at radius 2 is 1.73 bits per heavy atom. The Morgan fingerprint density at radius 1 is 1.08 bits per heavy atom. The molecule has 0 radical (unpaired) electrons. The van der Waals surface area contributed by atoms with E-state index in [0.717, 1.165) is 0 Å². The molecular weight excluding hydrogens is 371 g/mol. The van der Waals surface area contributed by atoms with Gasteiger partial charge in [-0.1, -0.05) is 59.2 Å². The normalized spacial score (nSPS) is 12.6. The predicted octanol–water partition coefficient (Wildman–Crippen LogP) is 4.42. The van der Waals surface area contributed by atoms with Crippen LogP contribution >= 0.6 is 11.6 Å². The quantitative estimate of drug-likeness (QED) is 0.536. The Kier molecular flexibility index (Phi) is 4.94. The van der Waals surface area contributed by atoms with Crippen LogP contribution in [0.3, 0.4) is 0 Å². The molecule has 1 atom stereocenters. The molecule has 5 nitrogen and oxygen atoms in total. The first kappa shape index (κ1) is 17.9. The summed E-state index contributed by atoms with van der Waals surface area (Å²) in [5.74, 6) is -1.95. The van der Waals surface area contributed by atoms with Crippen LogP contribution < -0.4 is 5.32 Å². The van der Waals surface area contributed by atoms with Gasteiger partial charge in [-0.15, -0.1) is 0 Å². The Labute approximate surface area is 150 Å². The molecule has 1 N–H and O–H groups in total. The first-order valence-corrected chi connectivity index (χ1v) is 7.79. The molecule has 134 valence electrons. The number of nitrogens with one attached hydrogen (secondary N) is 1. The standard InChI is InChI=1S/C17H11ClF3N3O2/c18-13(22-15(25)12-4-2-1-3-5-12)10-6-8-11(9-7-10)14-23-16(26-24-14)17(19,20)21/h1-9,13H,(H,22,25). The molecule has 0 spiro atoms. The van der Waals surface area contributed by atoms with Crippen LogP contribution in [0.2, 0.25) is 0 Å². The van der Waals surface area contributed by atoms with Crippen LogP contribution in [-0.2, 0) is 6.18 Å². The van der Waals surface area contributed by atoms with Crippen molar-refractivity contribution in [1.29, 1.82) is 0 Å². The number of carbonyl (C=O) groups excluding carboxylic acids is 1.